The topological polar surface area (TPSA) is 76.0 Å². The van der Waals surface area contributed by atoms with Gasteiger partial charge in [0.2, 0.25) is 0 Å². The summed E-state index contributed by atoms with van der Waals surface area (Å²) >= 11 is 1.31. The summed E-state index contributed by atoms with van der Waals surface area (Å²) in [6.07, 6.45) is 0. The lowest BCUT2D eigenvalue weighted by Gasteiger charge is -2.24. The van der Waals surface area contributed by atoms with Crippen molar-refractivity contribution in [2.75, 3.05) is 25.2 Å². The predicted molar refractivity (Wildman–Crippen MR) is 90.1 cm³/mol. The Hall–Kier alpha value is -1.45. The molecule has 0 unspecified atom stereocenters. The molecule has 1 aromatic rings. The monoisotopic (exact) mass is 372 g/mol. The van der Waals surface area contributed by atoms with Crippen LogP contribution < -0.4 is 0 Å². The highest BCUT2D eigenvalue weighted by Crippen LogP contribution is 2.39. The average Bonchev–Trinajstić information content (AvgIpc) is 2.95. The molecule has 9 heteroatoms. The van der Waals surface area contributed by atoms with Gasteiger partial charge >= 0.3 is 0 Å². The number of amidine groups is 1. The summed E-state index contributed by atoms with van der Waals surface area (Å²) in [4.78, 5) is 17.7. The summed E-state index contributed by atoms with van der Waals surface area (Å²) in [6.45, 7) is 0.255. The Bertz CT molecular complexity index is 764. The fourth-order valence-corrected chi connectivity index (χ4v) is 6.84. The Balaban J connectivity index is 1.86. The van der Waals surface area contributed by atoms with Crippen molar-refractivity contribution in [2.24, 2.45) is 4.99 Å². The van der Waals surface area contributed by atoms with Crippen LogP contribution >= 0.6 is 11.8 Å². The van der Waals surface area contributed by atoms with Crippen LogP contribution in [0, 0.1) is 5.82 Å². The first-order chi connectivity index (χ1) is 11.4. The molecule has 2 aliphatic heterocycles. The second-order valence-corrected chi connectivity index (χ2v) is 9.14. The number of carbonyl (C=O) groups is 1. The maximum atomic E-state index is 13.1. The van der Waals surface area contributed by atoms with E-state index in [4.69, 9.17) is 4.74 Å². The van der Waals surface area contributed by atoms with Crippen LogP contribution in [0.25, 0.3) is 0 Å². The molecule has 24 heavy (non-hydrogen) atoms. The lowest BCUT2D eigenvalue weighted by atomic mass is 10.1. The molecule has 2 atom stereocenters. The van der Waals surface area contributed by atoms with Gasteiger partial charge in [-0.3, -0.25) is 4.79 Å². The molecule has 0 spiro atoms. The average molecular weight is 372 g/mol. The number of hydrogen-bond donors (Lipinski definition) is 0. The molecule has 2 aliphatic rings. The highest BCUT2D eigenvalue weighted by molar-refractivity contribution is 8.15. The van der Waals surface area contributed by atoms with Crippen LogP contribution in [0.1, 0.15) is 5.56 Å². The van der Waals surface area contributed by atoms with Gasteiger partial charge in [-0.1, -0.05) is 23.9 Å². The number of benzene rings is 1. The van der Waals surface area contributed by atoms with Crippen LogP contribution in [0.15, 0.2) is 29.3 Å². The summed E-state index contributed by atoms with van der Waals surface area (Å²) in [5, 5.41) is 0.371. The molecule has 0 radical (unpaired) electrons. The number of halogens is 1. The SMILES string of the molecule is COCC(=O)N=C1S[C@H]2CS(=O)(=O)C[C@H]2N1Cc1ccc(F)cc1. The van der Waals surface area contributed by atoms with Crippen LogP contribution in [0.2, 0.25) is 0 Å². The predicted octanol–water partition coefficient (Wildman–Crippen LogP) is 1.07. The Morgan fingerprint density at radius 2 is 2.08 bits per heavy atom. The van der Waals surface area contributed by atoms with Crippen molar-refractivity contribution in [1.29, 1.82) is 0 Å². The first kappa shape index (κ1) is 17.4. The van der Waals surface area contributed by atoms with Gasteiger partial charge in [0.15, 0.2) is 15.0 Å². The maximum absolute atomic E-state index is 13.1. The summed E-state index contributed by atoms with van der Waals surface area (Å²) in [5.74, 6) is -0.615. The van der Waals surface area contributed by atoms with E-state index in [-0.39, 0.29) is 35.2 Å². The molecule has 6 nitrogen and oxygen atoms in total. The highest BCUT2D eigenvalue weighted by Gasteiger charge is 2.48. The molecule has 0 aromatic heterocycles. The normalized spacial score (nSPS) is 26.8. The summed E-state index contributed by atoms with van der Waals surface area (Å²) in [5.41, 5.74) is 0.828. The molecule has 2 heterocycles. The molecule has 2 fully saturated rings. The molecule has 1 aromatic carbocycles. The van der Waals surface area contributed by atoms with E-state index >= 15 is 0 Å². The van der Waals surface area contributed by atoms with E-state index in [1.54, 1.807) is 12.1 Å². The van der Waals surface area contributed by atoms with E-state index < -0.39 is 15.7 Å². The lowest BCUT2D eigenvalue weighted by molar-refractivity contribution is -0.121. The number of carbonyl (C=O) groups excluding carboxylic acids is 1. The van der Waals surface area contributed by atoms with Crippen molar-refractivity contribution in [3.63, 3.8) is 0 Å². The van der Waals surface area contributed by atoms with Gasteiger partial charge < -0.3 is 9.64 Å². The summed E-state index contributed by atoms with van der Waals surface area (Å²) in [6, 6.07) is 5.78. The van der Waals surface area contributed by atoms with Crippen molar-refractivity contribution in [1.82, 2.24) is 4.90 Å². The fourth-order valence-electron chi connectivity index (χ4n) is 2.87. The molecule has 3 rings (SSSR count). The minimum Gasteiger partial charge on any atom is -0.375 e. The number of aliphatic imine (C=N–C) groups is 1. The highest BCUT2D eigenvalue weighted by atomic mass is 32.2. The van der Waals surface area contributed by atoms with Gasteiger partial charge in [-0.25, -0.2) is 12.8 Å². The van der Waals surface area contributed by atoms with E-state index in [2.05, 4.69) is 4.99 Å². The Labute approximate surface area is 144 Å². The zero-order chi connectivity index (χ0) is 17.3. The number of sulfone groups is 1. The van der Waals surface area contributed by atoms with Crippen LogP contribution in [0.3, 0.4) is 0 Å². The number of methoxy groups -OCH3 is 1. The smallest absolute Gasteiger partial charge is 0.274 e. The second kappa shape index (κ2) is 6.81. The van der Waals surface area contributed by atoms with Crippen molar-refractivity contribution in [2.45, 2.75) is 17.8 Å². The quantitative estimate of drug-likeness (QED) is 0.787. The standard InChI is InChI=1S/C15H17FN2O4S2/c1-22-7-14(19)17-15-18(6-10-2-4-11(16)5-3-10)12-8-24(20,21)9-13(12)23-15/h2-5,12-13H,6-9H2,1H3/t12-,13+/m1/s1. The van der Waals surface area contributed by atoms with Gasteiger partial charge in [0.05, 0.1) is 17.5 Å². The van der Waals surface area contributed by atoms with Gasteiger partial charge in [-0.05, 0) is 17.7 Å². The molecule has 130 valence electrons. The number of hydrogen-bond acceptors (Lipinski definition) is 5. The van der Waals surface area contributed by atoms with Crippen LogP contribution in [0.5, 0.6) is 0 Å². The largest absolute Gasteiger partial charge is 0.375 e. The van der Waals surface area contributed by atoms with E-state index in [1.165, 1.54) is 31.0 Å². The van der Waals surface area contributed by atoms with Crippen LogP contribution in [-0.2, 0) is 25.9 Å². The molecular weight excluding hydrogens is 355 g/mol. The molecular formula is C15H17FN2O4S2. The first-order valence-corrected chi connectivity index (χ1v) is 10.1. The third-order valence-electron chi connectivity index (χ3n) is 3.93. The zero-order valence-corrected chi connectivity index (χ0v) is 14.6. The van der Waals surface area contributed by atoms with Crippen molar-refractivity contribution >= 4 is 32.7 Å². The Morgan fingerprint density at radius 1 is 1.38 bits per heavy atom. The number of ether oxygens (including phenoxy) is 1. The van der Waals surface area contributed by atoms with E-state index in [0.29, 0.717) is 11.7 Å². The van der Waals surface area contributed by atoms with Crippen LogP contribution in [-0.4, -0.2) is 60.9 Å². The number of thioether (sulfide) groups is 1. The molecule has 2 saturated heterocycles. The van der Waals surface area contributed by atoms with Crippen molar-refractivity contribution < 1.29 is 22.3 Å². The van der Waals surface area contributed by atoms with E-state index in [9.17, 15) is 17.6 Å². The molecule has 1 amide bonds. The summed E-state index contributed by atoms with van der Waals surface area (Å²) < 4.78 is 41.7. The third kappa shape index (κ3) is 3.79. The van der Waals surface area contributed by atoms with Crippen molar-refractivity contribution in [3.8, 4) is 0 Å². The third-order valence-corrected chi connectivity index (χ3v) is 7.18. The minimum atomic E-state index is -3.09. The number of rotatable bonds is 4. The maximum Gasteiger partial charge on any atom is 0.274 e. The lowest BCUT2D eigenvalue weighted by Crippen LogP contribution is -2.37. The Morgan fingerprint density at radius 3 is 2.75 bits per heavy atom. The molecule has 0 aliphatic carbocycles. The molecule has 0 N–H and O–H groups in total. The minimum absolute atomic E-state index is 0.0450. The molecule has 0 bridgehead atoms. The first-order valence-electron chi connectivity index (χ1n) is 7.36. The number of fused-ring (bicyclic) bond motifs is 1. The van der Waals surface area contributed by atoms with Gasteiger partial charge in [-0.15, -0.1) is 0 Å². The number of nitrogens with zero attached hydrogens (tertiary/aromatic N) is 2. The fraction of sp³-hybridized carbons (Fsp3) is 0.467. The second-order valence-electron chi connectivity index (χ2n) is 5.78. The summed E-state index contributed by atoms with van der Waals surface area (Å²) in [7, 11) is -1.67. The van der Waals surface area contributed by atoms with Gasteiger partial charge in [-0.2, -0.15) is 4.99 Å². The zero-order valence-electron chi connectivity index (χ0n) is 13.0. The number of amides is 1. The van der Waals surface area contributed by atoms with Crippen molar-refractivity contribution in [3.05, 3.63) is 35.6 Å². The van der Waals surface area contributed by atoms with Gasteiger partial charge in [0.25, 0.3) is 5.91 Å². The molecule has 0 saturated carbocycles. The van der Waals surface area contributed by atoms with Gasteiger partial charge in [0, 0.05) is 18.9 Å². The van der Waals surface area contributed by atoms with E-state index in [0.717, 1.165) is 5.56 Å². The Kier molecular flexibility index (Phi) is 4.93. The van der Waals surface area contributed by atoms with E-state index in [1.807, 2.05) is 4.90 Å². The van der Waals surface area contributed by atoms with Gasteiger partial charge in [0.1, 0.15) is 12.4 Å². The van der Waals surface area contributed by atoms with Crippen LogP contribution in [0.4, 0.5) is 4.39 Å².